The minimum absolute atomic E-state index is 0.833. The second kappa shape index (κ2) is 10.0. The number of hydrogen-bond acceptors (Lipinski definition) is 1. The standard InChI is InChI=1S/C5H8.C2H4O2/c1-3-5-4-2;1-2(3)4/h3-5H,1H2,2H3;1H3,(H,3,4). The first-order valence-corrected chi connectivity index (χ1v) is 2.58. The van der Waals surface area contributed by atoms with E-state index in [1.165, 1.54) is 0 Å². The van der Waals surface area contributed by atoms with Gasteiger partial charge in [-0.1, -0.05) is 24.8 Å². The molecule has 52 valence electrons. The lowest BCUT2D eigenvalue weighted by atomic mass is 10.5. The van der Waals surface area contributed by atoms with Crippen LogP contribution in [0.5, 0.6) is 0 Å². The molecule has 0 fully saturated rings. The molecule has 0 atom stereocenters. The number of carboxylic acid groups (broad SMARTS) is 1. The molecule has 0 bridgehead atoms. The molecule has 0 saturated heterocycles. The van der Waals surface area contributed by atoms with Gasteiger partial charge in [0, 0.05) is 6.92 Å². The van der Waals surface area contributed by atoms with E-state index < -0.39 is 5.97 Å². The van der Waals surface area contributed by atoms with E-state index in [2.05, 4.69) is 6.58 Å². The van der Waals surface area contributed by atoms with Crippen LogP contribution in [-0.2, 0) is 4.79 Å². The maximum absolute atomic E-state index is 9.00. The van der Waals surface area contributed by atoms with Crippen molar-refractivity contribution >= 4 is 5.97 Å². The Morgan fingerprint density at radius 2 is 2.00 bits per heavy atom. The number of carbonyl (C=O) groups is 1. The molecule has 0 aromatic heterocycles. The Labute approximate surface area is 55.5 Å². The third kappa shape index (κ3) is 189. The summed E-state index contributed by atoms with van der Waals surface area (Å²) in [6, 6.07) is 0. The third-order valence-corrected chi connectivity index (χ3v) is 0.329. The number of hydrogen-bond donors (Lipinski definition) is 1. The van der Waals surface area contributed by atoms with Gasteiger partial charge in [-0.3, -0.25) is 4.79 Å². The van der Waals surface area contributed by atoms with Crippen LogP contribution in [0.2, 0.25) is 0 Å². The van der Waals surface area contributed by atoms with Crippen LogP contribution in [0.1, 0.15) is 13.8 Å². The molecule has 9 heavy (non-hydrogen) atoms. The van der Waals surface area contributed by atoms with Gasteiger partial charge in [0.2, 0.25) is 0 Å². The second-order valence-electron chi connectivity index (χ2n) is 1.28. The maximum Gasteiger partial charge on any atom is 0.300 e. The predicted molar refractivity (Wildman–Crippen MR) is 38.3 cm³/mol. The fourth-order valence-electron chi connectivity index (χ4n) is 0.136. The molecule has 0 aromatic carbocycles. The summed E-state index contributed by atoms with van der Waals surface area (Å²) in [5, 5.41) is 7.42. The molecular weight excluding hydrogens is 116 g/mol. The van der Waals surface area contributed by atoms with E-state index >= 15 is 0 Å². The van der Waals surface area contributed by atoms with Crippen LogP contribution in [0.4, 0.5) is 0 Å². The van der Waals surface area contributed by atoms with Gasteiger partial charge in [0.05, 0.1) is 0 Å². The van der Waals surface area contributed by atoms with Gasteiger partial charge in [-0.15, -0.1) is 0 Å². The van der Waals surface area contributed by atoms with Crippen molar-refractivity contribution in [1.82, 2.24) is 0 Å². The van der Waals surface area contributed by atoms with Crippen molar-refractivity contribution < 1.29 is 9.90 Å². The smallest absolute Gasteiger partial charge is 0.300 e. The van der Waals surface area contributed by atoms with Crippen LogP contribution in [0.15, 0.2) is 24.8 Å². The SMILES string of the molecule is C=CC=CC.CC(=O)O. The Morgan fingerprint density at radius 1 is 1.67 bits per heavy atom. The summed E-state index contributed by atoms with van der Waals surface area (Å²) < 4.78 is 0. The maximum atomic E-state index is 9.00. The van der Waals surface area contributed by atoms with Gasteiger partial charge >= 0.3 is 0 Å². The van der Waals surface area contributed by atoms with Crippen molar-refractivity contribution in [1.29, 1.82) is 0 Å². The molecule has 0 aliphatic carbocycles. The highest BCUT2D eigenvalue weighted by Gasteiger charge is 1.65. The Morgan fingerprint density at radius 3 is 2.00 bits per heavy atom. The number of rotatable bonds is 1. The quantitative estimate of drug-likeness (QED) is 0.547. The topological polar surface area (TPSA) is 37.3 Å². The lowest BCUT2D eigenvalue weighted by Gasteiger charge is -1.59. The van der Waals surface area contributed by atoms with Crippen molar-refractivity contribution in [3.63, 3.8) is 0 Å². The van der Waals surface area contributed by atoms with E-state index in [0.717, 1.165) is 6.92 Å². The summed E-state index contributed by atoms with van der Waals surface area (Å²) in [6.07, 6.45) is 5.58. The molecule has 0 rings (SSSR count). The highest BCUT2D eigenvalue weighted by atomic mass is 16.4. The van der Waals surface area contributed by atoms with E-state index in [1.54, 1.807) is 6.08 Å². The van der Waals surface area contributed by atoms with Crippen molar-refractivity contribution in [2.75, 3.05) is 0 Å². The van der Waals surface area contributed by atoms with Crippen LogP contribution >= 0.6 is 0 Å². The zero-order valence-electron chi connectivity index (χ0n) is 5.79. The van der Waals surface area contributed by atoms with Gasteiger partial charge in [0.25, 0.3) is 5.97 Å². The van der Waals surface area contributed by atoms with Crippen LogP contribution < -0.4 is 0 Å². The number of aliphatic carboxylic acids is 1. The van der Waals surface area contributed by atoms with Crippen LogP contribution in [0.3, 0.4) is 0 Å². The Bertz CT molecular complexity index is 99.5. The van der Waals surface area contributed by atoms with Crippen LogP contribution in [0, 0.1) is 0 Å². The van der Waals surface area contributed by atoms with Crippen LogP contribution in [-0.4, -0.2) is 11.1 Å². The molecule has 0 aliphatic heterocycles. The molecule has 0 aliphatic rings. The van der Waals surface area contributed by atoms with E-state index in [4.69, 9.17) is 9.90 Å². The zero-order chi connectivity index (χ0) is 7.70. The molecule has 0 amide bonds. The molecule has 0 spiro atoms. The zero-order valence-corrected chi connectivity index (χ0v) is 5.79. The Kier molecular flexibility index (Phi) is 12.1. The average Bonchev–Trinajstić information content (AvgIpc) is 1.66. The normalized spacial score (nSPS) is 7.78. The summed E-state index contributed by atoms with van der Waals surface area (Å²) in [4.78, 5) is 9.00. The Hall–Kier alpha value is -1.05. The molecular formula is C7H12O2. The largest absolute Gasteiger partial charge is 0.481 e. The predicted octanol–water partition coefficient (Wildman–Crippen LogP) is 1.84. The van der Waals surface area contributed by atoms with Gasteiger partial charge < -0.3 is 5.11 Å². The molecule has 0 heterocycles. The molecule has 1 N–H and O–H groups in total. The van der Waals surface area contributed by atoms with Gasteiger partial charge in [0.15, 0.2) is 0 Å². The van der Waals surface area contributed by atoms with Crippen molar-refractivity contribution in [2.24, 2.45) is 0 Å². The lowest BCUT2D eigenvalue weighted by Crippen LogP contribution is -1.78. The minimum atomic E-state index is -0.833. The average molecular weight is 128 g/mol. The summed E-state index contributed by atoms with van der Waals surface area (Å²) in [6.45, 7) is 6.51. The molecule has 2 heteroatoms. The molecule has 0 aromatic rings. The van der Waals surface area contributed by atoms with Gasteiger partial charge in [-0.25, -0.2) is 0 Å². The van der Waals surface area contributed by atoms with Crippen LogP contribution in [0.25, 0.3) is 0 Å². The van der Waals surface area contributed by atoms with Gasteiger partial charge in [0.1, 0.15) is 0 Å². The first-order valence-electron chi connectivity index (χ1n) is 2.58. The number of carboxylic acids is 1. The van der Waals surface area contributed by atoms with Crippen molar-refractivity contribution in [3.8, 4) is 0 Å². The van der Waals surface area contributed by atoms with Gasteiger partial charge in [-0.2, -0.15) is 0 Å². The summed E-state index contributed by atoms with van der Waals surface area (Å²) >= 11 is 0. The van der Waals surface area contributed by atoms with E-state index in [1.807, 2.05) is 19.1 Å². The number of allylic oxidation sites excluding steroid dienone is 3. The molecule has 0 radical (unpaired) electrons. The molecule has 0 unspecified atom stereocenters. The fourth-order valence-corrected chi connectivity index (χ4v) is 0.136. The first kappa shape index (κ1) is 10.8. The lowest BCUT2D eigenvalue weighted by molar-refractivity contribution is -0.134. The van der Waals surface area contributed by atoms with E-state index in [-0.39, 0.29) is 0 Å². The summed E-state index contributed by atoms with van der Waals surface area (Å²) in [7, 11) is 0. The van der Waals surface area contributed by atoms with Crippen molar-refractivity contribution in [2.45, 2.75) is 13.8 Å². The monoisotopic (exact) mass is 128 g/mol. The second-order valence-corrected chi connectivity index (χ2v) is 1.28. The van der Waals surface area contributed by atoms with E-state index in [0.29, 0.717) is 0 Å². The molecule has 2 nitrogen and oxygen atoms in total. The summed E-state index contributed by atoms with van der Waals surface area (Å²) in [5.41, 5.74) is 0. The molecule has 0 saturated carbocycles. The first-order chi connectivity index (χ1) is 4.15. The fraction of sp³-hybridized carbons (Fsp3) is 0.286. The van der Waals surface area contributed by atoms with E-state index in [9.17, 15) is 0 Å². The van der Waals surface area contributed by atoms with Crippen molar-refractivity contribution in [3.05, 3.63) is 24.8 Å². The van der Waals surface area contributed by atoms with Gasteiger partial charge in [-0.05, 0) is 6.92 Å². The third-order valence-electron chi connectivity index (χ3n) is 0.329. The minimum Gasteiger partial charge on any atom is -0.481 e. The highest BCUT2D eigenvalue weighted by molar-refractivity contribution is 5.62. The summed E-state index contributed by atoms with van der Waals surface area (Å²) in [5.74, 6) is -0.833. The Balaban J connectivity index is 0. The highest BCUT2D eigenvalue weighted by Crippen LogP contribution is 1.64.